The fourth-order valence-electron chi connectivity index (χ4n) is 5.25. The molecule has 0 unspecified atom stereocenters. The van der Waals surface area contributed by atoms with Crippen molar-refractivity contribution in [2.24, 2.45) is 17.8 Å². The highest BCUT2D eigenvalue weighted by molar-refractivity contribution is 5.90. The van der Waals surface area contributed by atoms with E-state index in [2.05, 4.69) is 52.8 Å². The predicted octanol–water partition coefficient (Wildman–Crippen LogP) is 4.09. The average Bonchev–Trinajstić information content (AvgIpc) is 2.70. The standard InChI is InChI=1S/C24H34N4O/c1-17-12-20(14-21(29)13-19-6-10-27(3)11-7-19)16-28(15-17)22-5-4-18(2)23-24(22)26-9-8-25-23/h4-5,8-9,17,19-20H,6-7,10-16H2,1-3H3/t17-,20-/m0/s1. The smallest absolute Gasteiger partial charge is 0.133 e. The van der Waals surface area contributed by atoms with Crippen molar-refractivity contribution in [3.8, 4) is 0 Å². The monoisotopic (exact) mass is 394 g/mol. The van der Waals surface area contributed by atoms with Crippen molar-refractivity contribution in [1.29, 1.82) is 0 Å². The molecule has 2 aliphatic heterocycles. The molecule has 1 aromatic heterocycles. The van der Waals surface area contributed by atoms with Crippen LogP contribution in [0, 0.1) is 24.7 Å². The molecule has 2 aliphatic rings. The Balaban J connectivity index is 1.43. The van der Waals surface area contributed by atoms with Gasteiger partial charge in [0.05, 0.1) is 11.2 Å². The highest BCUT2D eigenvalue weighted by Crippen LogP contribution is 2.33. The van der Waals surface area contributed by atoms with Crippen LogP contribution in [0.25, 0.3) is 11.0 Å². The second-order valence-corrected chi connectivity index (χ2v) is 9.46. The van der Waals surface area contributed by atoms with Gasteiger partial charge >= 0.3 is 0 Å². The Morgan fingerprint density at radius 3 is 2.48 bits per heavy atom. The van der Waals surface area contributed by atoms with Crippen LogP contribution in [0.3, 0.4) is 0 Å². The number of Topliss-reactive ketones (excluding diaryl/α,β-unsaturated/α-hetero) is 1. The fourth-order valence-corrected chi connectivity index (χ4v) is 5.25. The summed E-state index contributed by atoms with van der Waals surface area (Å²) in [6.45, 7) is 8.63. The zero-order chi connectivity index (χ0) is 20.4. The summed E-state index contributed by atoms with van der Waals surface area (Å²) in [6.07, 6.45) is 8.53. The summed E-state index contributed by atoms with van der Waals surface area (Å²) < 4.78 is 0. The molecule has 0 radical (unpaired) electrons. The molecule has 156 valence electrons. The Morgan fingerprint density at radius 2 is 1.72 bits per heavy atom. The normalized spacial score (nSPS) is 24.2. The molecule has 4 rings (SSSR count). The fraction of sp³-hybridized carbons (Fsp3) is 0.625. The Kier molecular flexibility index (Phi) is 6.14. The van der Waals surface area contributed by atoms with Gasteiger partial charge in [-0.15, -0.1) is 0 Å². The van der Waals surface area contributed by atoms with E-state index in [-0.39, 0.29) is 0 Å². The quantitative estimate of drug-likeness (QED) is 0.764. The van der Waals surface area contributed by atoms with Crippen LogP contribution >= 0.6 is 0 Å². The maximum Gasteiger partial charge on any atom is 0.133 e. The number of carbonyl (C=O) groups excluding carboxylic acids is 1. The molecule has 2 fully saturated rings. The number of aromatic nitrogens is 2. The molecule has 0 N–H and O–H groups in total. The van der Waals surface area contributed by atoms with Crippen LogP contribution in [0.5, 0.6) is 0 Å². The summed E-state index contributed by atoms with van der Waals surface area (Å²) in [6, 6.07) is 4.33. The molecule has 0 amide bonds. The van der Waals surface area contributed by atoms with Crippen molar-refractivity contribution in [1.82, 2.24) is 14.9 Å². The van der Waals surface area contributed by atoms with Gasteiger partial charge in [-0.05, 0) is 75.7 Å². The number of piperidine rings is 2. The largest absolute Gasteiger partial charge is 0.369 e. The number of rotatable bonds is 5. The number of hydrogen-bond donors (Lipinski definition) is 0. The second kappa shape index (κ2) is 8.78. The number of hydrogen-bond acceptors (Lipinski definition) is 5. The van der Waals surface area contributed by atoms with E-state index < -0.39 is 0 Å². The predicted molar refractivity (Wildman–Crippen MR) is 118 cm³/mol. The van der Waals surface area contributed by atoms with Crippen LogP contribution < -0.4 is 4.90 Å². The zero-order valence-electron chi connectivity index (χ0n) is 18.1. The van der Waals surface area contributed by atoms with Crippen LogP contribution in [0.1, 0.15) is 44.6 Å². The number of likely N-dealkylation sites (tertiary alicyclic amines) is 1. The van der Waals surface area contributed by atoms with Crippen LogP contribution in [0.4, 0.5) is 5.69 Å². The lowest BCUT2D eigenvalue weighted by Gasteiger charge is -2.38. The Morgan fingerprint density at radius 1 is 1.03 bits per heavy atom. The molecule has 0 bridgehead atoms. The molecule has 5 nitrogen and oxygen atoms in total. The molecule has 0 spiro atoms. The van der Waals surface area contributed by atoms with Gasteiger partial charge < -0.3 is 9.80 Å². The lowest BCUT2D eigenvalue weighted by Crippen LogP contribution is -2.40. The minimum Gasteiger partial charge on any atom is -0.369 e. The Bertz CT molecular complexity index is 859. The number of nitrogens with zero attached hydrogens (tertiary/aromatic N) is 4. The van der Waals surface area contributed by atoms with E-state index >= 15 is 0 Å². The number of ketones is 1. The first kappa shape index (κ1) is 20.3. The van der Waals surface area contributed by atoms with Gasteiger partial charge in [0.1, 0.15) is 11.3 Å². The summed E-state index contributed by atoms with van der Waals surface area (Å²) >= 11 is 0. The third-order valence-corrected chi connectivity index (χ3v) is 6.76. The second-order valence-electron chi connectivity index (χ2n) is 9.46. The van der Waals surface area contributed by atoms with Crippen molar-refractivity contribution in [3.63, 3.8) is 0 Å². The maximum absolute atomic E-state index is 12.8. The molecule has 2 atom stereocenters. The highest BCUT2D eigenvalue weighted by atomic mass is 16.1. The minimum atomic E-state index is 0.436. The van der Waals surface area contributed by atoms with Crippen LogP contribution in [-0.4, -0.2) is 53.9 Å². The summed E-state index contributed by atoms with van der Waals surface area (Å²) in [7, 11) is 2.18. The van der Waals surface area contributed by atoms with Gasteiger partial charge in [-0.2, -0.15) is 0 Å². The zero-order valence-corrected chi connectivity index (χ0v) is 18.1. The first-order valence-electron chi connectivity index (χ1n) is 11.1. The van der Waals surface area contributed by atoms with Gasteiger partial charge in [0, 0.05) is 38.3 Å². The van der Waals surface area contributed by atoms with Crippen LogP contribution in [-0.2, 0) is 4.79 Å². The summed E-state index contributed by atoms with van der Waals surface area (Å²) in [5.41, 5.74) is 4.29. The molecule has 2 saturated heterocycles. The lowest BCUT2D eigenvalue weighted by molar-refractivity contribution is -0.121. The van der Waals surface area contributed by atoms with Crippen molar-refractivity contribution >= 4 is 22.5 Å². The number of aryl methyl sites for hydroxylation is 1. The van der Waals surface area contributed by atoms with E-state index in [4.69, 9.17) is 0 Å². The average molecular weight is 395 g/mol. The van der Waals surface area contributed by atoms with Crippen molar-refractivity contribution in [2.75, 3.05) is 38.1 Å². The molecule has 1 aromatic carbocycles. The van der Waals surface area contributed by atoms with E-state index in [1.807, 2.05) is 0 Å². The molecular weight excluding hydrogens is 360 g/mol. The number of fused-ring (bicyclic) bond motifs is 1. The van der Waals surface area contributed by atoms with Gasteiger partial charge in [0.15, 0.2) is 0 Å². The molecule has 5 heteroatoms. The van der Waals surface area contributed by atoms with Gasteiger partial charge in [-0.1, -0.05) is 13.0 Å². The van der Waals surface area contributed by atoms with E-state index in [0.717, 1.165) is 67.7 Å². The Hall–Kier alpha value is -2.01. The van der Waals surface area contributed by atoms with Crippen LogP contribution in [0.15, 0.2) is 24.5 Å². The molecule has 2 aromatic rings. The topological polar surface area (TPSA) is 49.3 Å². The summed E-state index contributed by atoms with van der Waals surface area (Å²) in [4.78, 5) is 26.8. The van der Waals surface area contributed by atoms with Gasteiger partial charge in [0.2, 0.25) is 0 Å². The molecule has 0 saturated carbocycles. The van der Waals surface area contributed by atoms with Gasteiger partial charge in [-0.3, -0.25) is 14.8 Å². The molecule has 3 heterocycles. The highest BCUT2D eigenvalue weighted by Gasteiger charge is 2.29. The molecule has 29 heavy (non-hydrogen) atoms. The van der Waals surface area contributed by atoms with E-state index in [9.17, 15) is 4.79 Å². The van der Waals surface area contributed by atoms with Crippen molar-refractivity contribution < 1.29 is 4.79 Å². The van der Waals surface area contributed by atoms with Crippen molar-refractivity contribution in [3.05, 3.63) is 30.1 Å². The third kappa shape index (κ3) is 4.77. The maximum atomic E-state index is 12.8. The van der Waals surface area contributed by atoms with E-state index in [1.54, 1.807) is 12.4 Å². The number of carbonyl (C=O) groups is 1. The van der Waals surface area contributed by atoms with Gasteiger partial charge in [-0.25, -0.2) is 0 Å². The van der Waals surface area contributed by atoms with E-state index in [0.29, 0.717) is 23.5 Å². The first-order valence-corrected chi connectivity index (χ1v) is 11.1. The summed E-state index contributed by atoms with van der Waals surface area (Å²) in [5, 5.41) is 0. The molecule has 0 aliphatic carbocycles. The lowest BCUT2D eigenvalue weighted by atomic mass is 9.84. The summed E-state index contributed by atoms with van der Waals surface area (Å²) in [5.74, 6) is 2.07. The van der Waals surface area contributed by atoms with E-state index in [1.165, 1.54) is 12.8 Å². The van der Waals surface area contributed by atoms with Gasteiger partial charge in [0.25, 0.3) is 0 Å². The minimum absolute atomic E-state index is 0.436. The molecular formula is C24H34N4O. The first-order chi connectivity index (χ1) is 14.0. The Labute approximate surface area is 174 Å². The number of anilines is 1. The third-order valence-electron chi connectivity index (χ3n) is 6.76. The SMILES string of the molecule is Cc1ccc(N2C[C@@H](C)C[C@@H](CC(=O)CC3CCN(C)CC3)C2)c2nccnc12. The number of benzene rings is 1. The van der Waals surface area contributed by atoms with Crippen LogP contribution in [0.2, 0.25) is 0 Å². The van der Waals surface area contributed by atoms with Crippen molar-refractivity contribution in [2.45, 2.75) is 46.0 Å².